The van der Waals surface area contributed by atoms with Crippen molar-refractivity contribution in [3.63, 3.8) is 0 Å². The van der Waals surface area contributed by atoms with Crippen molar-refractivity contribution in [2.75, 3.05) is 0 Å². The molecule has 6 aromatic rings. The number of aromatic nitrogens is 2. The minimum Gasteiger partial charge on any atom is -0.243 e. The number of nitrogens with zero attached hydrogens (tertiary/aromatic N) is 4. The third kappa shape index (κ3) is 1.49. The van der Waals surface area contributed by atoms with Gasteiger partial charge in [0, 0.05) is 9.40 Å². The van der Waals surface area contributed by atoms with Gasteiger partial charge in [-0.1, -0.05) is 0 Å². The minimum absolute atomic E-state index is 0.977. The third-order valence-electron chi connectivity index (χ3n) is 5.10. The Hall–Kier alpha value is -2.04. The smallest absolute Gasteiger partial charge is 0.116 e. The van der Waals surface area contributed by atoms with Gasteiger partial charge >= 0.3 is 0 Å². The summed E-state index contributed by atoms with van der Waals surface area (Å²) in [5.74, 6) is 0. The number of hydrogen-bond donors (Lipinski definition) is 0. The molecule has 0 aliphatic carbocycles. The molecule has 2 aliphatic rings. The SMILES string of the molecule is c1cc2sc3c(c2s1)=Nc1c2c(c4nsnc4c1=3)=c1sc3ccsc3c1=N2. The predicted octanol–water partition coefficient (Wildman–Crippen LogP) is 5.35. The summed E-state index contributed by atoms with van der Waals surface area (Å²) in [5.41, 5.74) is 3.92. The molecule has 0 unspecified atom stereocenters. The molecule has 0 saturated heterocycles. The maximum absolute atomic E-state index is 5.08. The zero-order chi connectivity index (χ0) is 17.3. The lowest BCUT2D eigenvalue weighted by molar-refractivity contribution is 1.37. The molecule has 7 heterocycles. The van der Waals surface area contributed by atoms with Crippen LogP contribution in [-0.2, 0) is 0 Å². The Morgan fingerprint density at radius 2 is 1.19 bits per heavy atom. The van der Waals surface area contributed by atoms with Crippen molar-refractivity contribution in [3.8, 4) is 0 Å². The molecule has 0 bridgehead atoms. The van der Waals surface area contributed by atoms with Gasteiger partial charge in [0.05, 0.1) is 40.6 Å². The van der Waals surface area contributed by atoms with Crippen LogP contribution >= 0.6 is 57.1 Å². The Labute approximate surface area is 169 Å². The summed E-state index contributed by atoms with van der Waals surface area (Å²) in [6.07, 6.45) is 0. The summed E-state index contributed by atoms with van der Waals surface area (Å²) in [6, 6.07) is 4.36. The zero-order valence-corrected chi connectivity index (χ0v) is 17.2. The highest BCUT2D eigenvalue weighted by Crippen LogP contribution is 2.42. The third-order valence-corrected chi connectivity index (χ3v) is 10.1. The van der Waals surface area contributed by atoms with Crippen LogP contribution in [0, 0.1) is 19.5 Å². The first-order valence-corrected chi connectivity index (χ1v) is 12.3. The highest BCUT2D eigenvalue weighted by molar-refractivity contribution is 7.26. The van der Waals surface area contributed by atoms with Crippen LogP contribution in [0.5, 0.6) is 0 Å². The monoisotopic (exact) mass is 436 g/mol. The van der Waals surface area contributed by atoms with E-state index in [9.17, 15) is 0 Å². The van der Waals surface area contributed by atoms with Gasteiger partial charge in [-0.3, -0.25) is 0 Å². The van der Waals surface area contributed by atoms with E-state index in [0.717, 1.165) is 43.6 Å². The Bertz CT molecular complexity index is 1810. The van der Waals surface area contributed by atoms with E-state index in [4.69, 9.17) is 9.98 Å². The molecule has 126 valence electrons. The van der Waals surface area contributed by atoms with Gasteiger partial charge in [0.1, 0.15) is 33.1 Å². The lowest BCUT2D eigenvalue weighted by Crippen LogP contribution is -1.93. The van der Waals surface area contributed by atoms with Crippen molar-refractivity contribution in [1.29, 1.82) is 0 Å². The van der Waals surface area contributed by atoms with Crippen molar-refractivity contribution >= 4 is 98.3 Å². The van der Waals surface area contributed by atoms with E-state index < -0.39 is 0 Å². The average Bonchev–Trinajstić information content (AvgIpc) is 3.44. The summed E-state index contributed by atoms with van der Waals surface area (Å²) < 4.78 is 16.9. The van der Waals surface area contributed by atoms with Gasteiger partial charge in [-0.2, -0.15) is 8.75 Å². The van der Waals surface area contributed by atoms with Gasteiger partial charge in [0.25, 0.3) is 0 Å². The van der Waals surface area contributed by atoms with Crippen molar-refractivity contribution in [2.45, 2.75) is 0 Å². The first kappa shape index (κ1) is 14.0. The highest BCUT2D eigenvalue weighted by atomic mass is 32.1. The van der Waals surface area contributed by atoms with Crippen LogP contribution in [-0.4, -0.2) is 8.75 Å². The predicted molar refractivity (Wildman–Crippen MR) is 114 cm³/mol. The molecule has 5 aromatic heterocycles. The van der Waals surface area contributed by atoms with Crippen LogP contribution in [0.15, 0.2) is 32.9 Å². The van der Waals surface area contributed by atoms with E-state index in [0.29, 0.717) is 0 Å². The van der Waals surface area contributed by atoms with Crippen molar-refractivity contribution in [3.05, 3.63) is 53.1 Å². The largest absolute Gasteiger partial charge is 0.243 e. The molecular formula is C18H4N4S5. The normalized spacial score (nSPS) is 13.8. The second-order valence-corrected chi connectivity index (χ2v) is 10.9. The fourth-order valence-corrected chi connectivity index (χ4v) is 9.15. The molecule has 4 nitrogen and oxygen atoms in total. The lowest BCUT2D eigenvalue weighted by Gasteiger charge is -1.99. The number of benzene rings is 1. The van der Waals surface area contributed by atoms with Gasteiger partial charge in [0.15, 0.2) is 0 Å². The van der Waals surface area contributed by atoms with E-state index in [1.165, 1.54) is 39.6 Å². The topological polar surface area (TPSA) is 50.5 Å². The van der Waals surface area contributed by atoms with Crippen molar-refractivity contribution < 1.29 is 0 Å². The van der Waals surface area contributed by atoms with E-state index in [2.05, 4.69) is 31.6 Å². The molecule has 0 fully saturated rings. The van der Waals surface area contributed by atoms with Crippen LogP contribution in [0.4, 0.5) is 11.4 Å². The van der Waals surface area contributed by atoms with E-state index in [-0.39, 0.29) is 0 Å². The van der Waals surface area contributed by atoms with E-state index in [1.807, 2.05) is 0 Å². The molecule has 9 heteroatoms. The van der Waals surface area contributed by atoms with Crippen LogP contribution < -0.4 is 10.7 Å². The maximum atomic E-state index is 5.08. The average molecular weight is 437 g/mol. The van der Waals surface area contributed by atoms with Crippen LogP contribution in [0.2, 0.25) is 0 Å². The highest BCUT2D eigenvalue weighted by Gasteiger charge is 2.24. The van der Waals surface area contributed by atoms with Gasteiger partial charge in [-0.15, -0.1) is 45.3 Å². The summed E-state index contributed by atoms with van der Waals surface area (Å²) in [6.45, 7) is 0. The number of hydrogen-bond acceptors (Lipinski definition) is 9. The quantitative estimate of drug-likeness (QED) is 0.322. The van der Waals surface area contributed by atoms with E-state index >= 15 is 0 Å². The van der Waals surface area contributed by atoms with E-state index in [1.54, 1.807) is 45.3 Å². The second kappa shape index (κ2) is 4.50. The van der Waals surface area contributed by atoms with Gasteiger partial charge in [0.2, 0.25) is 0 Å². The molecule has 2 aliphatic heterocycles. The molecule has 0 amide bonds. The molecule has 27 heavy (non-hydrogen) atoms. The molecule has 8 rings (SSSR count). The Morgan fingerprint density at radius 1 is 0.667 bits per heavy atom. The van der Waals surface area contributed by atoms with Crippen molar-refractivity contribution in [1.82, 2.24) is 8.75 Å². The summed E-state index contributed by atoms with van der Waals surface area (Å²) in [4.78, 5) is 10.2. The van der Waals surface area contributed by atoms with Crippen LogP contribution in [0.25, 0.3) is 29.8 Å². The second-order valence-electron chi connectivity index (χ2n) is 6.42. The minimum atomic E-state index is 0.977. The maximum Gasteiger partial charge on any atom is 0.116 e. The van der Waals surface area contributed by atoms with Gasteiger partial charge < -0.3 is 0 Å². The molecular weight excluding hydrogens is 433 g/mol. The molecule has 1 aromatic carbocycles. The summed E-state index contributed by atoms with van der Waals surface area (Å²) in [5, 5.41) is 8.72. The number of thiophene rings is 4. The lowest BCUT2D eigenvalue weighted by atomic mass is 10.1. The molecule has 0 radical (unpaired) electrons. The number of rotatable bonds is 0. The molecule has 0 atom stereocenters. The number of fused-ring (bicyclic) bond motifs is 12. The first-order chi connectivity index (χ1) is 13.4. The van der Waals surface area contributed by atoms with Crippen LogP contribution in [0.1, 0.15) is 0 Å². The summed E-state index contributed by atoms with van der Waals surface area (Å²) >= 11 is 8.41. The first-order valence-electron chi connectivity index (χ1n) is 8.15. The van der Waals surface area contributed by atoms with Crippen molar-refractivity contribution in [2.24, 2.45) is 9.98 Å². The molecule has 0 saturated carbocycles. The van der Waals surface area contributed by atoms with Crippen LogP contribution in [0.3, 0.4) is 0 Å². The summed E-state index contributed by atoms with van der Waals surface area (Å²) in [7, 11) is 0. The standard InChI is InChI=1S/C18H4N4S5/c1-3-23-15-5(1)25-17-7-9(19-13(15)17)10-8(12-11(7)21-27-22-12)18-14(20-10)16-6(26-18)2-4-24-16/h1-4H. The fraction of sp³-hybridized carbons (Fsp3) is 0. The fourth-order valence-electron chi connectivity index (χ4n) is 4.01. The Kier molecular flexibility index (Phi) is 2.34. The molecule has 0 N–H and O–H groups in total. The Morgan fingerprint density at radius 3 is 1.70 bits per heavy atom. The van der Waals surface area contributed by atoms with Gasteiger partial charge in [-0.05, 0) is 22.9 Å². The molecule has 0 spiro atoms. The zero-order valence-electron chi connectivity index (χ0n) is 13.1. The van der Waals surface area contributed by atoms with Gasteiger partial charge in [-0.25, -0.2) is 9.98 Å². The Balaban J connectivity index is 1.76.